The van der Waals surface area contributed by atoms with E-state index < -0.39 is 0 Å². The maximum atomic E-state index is 11.3. The maximum absolute atomic E-state index is 11.3. The van der Waals surface area contributed by atoms with Crippen molar-refractivity contribution in [3.05, 3.63) is 82.4 Å². The number of hydrogen-bond donors (Lipinski definition) is 0. The summed E-state index contributed by atoms with van der Waals surface area (Å²) in [5, 5.41) is 9.65. The molecule has 6 nitrogen and oxygen atoms in total. The molecule has 0 fully saturated rings. The quantitative estimate of drug-likeness (QED) is 0.368. The molecule has 0 aliphatic rings. The summed E-state index contributed by atoms with van der Waals surface area (Å²) < 4.78 is 11.6. The number of nitriles is 1. The molecule has 0 aliphatic heterocycles. The lowest BCUT2D eigenvalue weighted by molar-refractivity contribution is -0.116. The van der Waals surface area contributed by atoms with E-state index in [1.807, 2.05) is 37.3 Å². The van der Waals surface area contributed by atoms with Gasteiger partial charge in [-0.05, 0) is 54.8 Å². The van der Waals surface area contributed by atoms with E-state index in [-0.39, 0.29) is 24.2 Å². The molecule has 0 saturated heterocycles. The predicted molar refractivity (Wildman–Crippen MR) is 131 cm³/mol. The monoisotopic (exact) mass is 477 g/mol. The van der Waals surface area contributed by atoms with Gasteiger partial charge < -0.3 is 9.47 Å². The van der Waals surface area contributed by atoms with Crippen molar-refractivity contribution < 1.29 is 14.3 Å². The molecule has 0 unspecified atom stereocenters. The van der Waals surface area contributed by atoms with Gasteiger partial charge in [0, 0.05) is 11.6 Å². The van der Waals surface area contributed by atoms with Crippen LogP contribution in [0.2, 0.25) is 0 Å². The minimum absolute atomic E-state index is 0.0192. The molecule has 0 bridgehead atoms. The Kier molecular flexibility index (Phi) is 8.25. The Hall–Kier alpha value is -3.43. The van der Waals surface area contributed by atoms with Crippen LogP contribution >= 0.6 is 11.6 Å². The van der Waals surface area contributed by atoms with E-state index in [2.05, 4.69) is 36.0 Å². The van der Waals surface area contributed by atoms with Crippen LogP contribution in [-0.4, -0.2) is 28.2 Å². The summed E-state index contributed by atoms with van der Waals surface area (Å²) in [4.78, 5) is 19.8. The standard InChI is InChI=1S/C27H28ClN3O3/c1-18-13-22(15-20(16-29)26(18)33-12-10-28)27(3,4)21-5-7-24(8-6-21)34-17-23-9-11-30-25(31-23)14-19(2)32/h5-9,11,13,15H,10,12,14,17H2,1-4H3. The molecular weight excluding hydrogens is 450 g/mol. The number of carbonyl (C=O) groups is 1. The molecule has 0 saturated carbocycles. The summed E-state index contributed by atoms with van der Waals surface area (Å²) in [6.07, 6.45) is 1.85. The van der Waals surface area contributed by atoms with Gasteiger partial charge in [-0.25, -0.2) is 9.97 Å². The van der Waals surface area contributed by atoms with Crippen molar-refractivity contribution in [1.82, 2.24) is 9.97 Å². The third kappa shape index (κ3) is 6.12. The number of nitrogens with zero attached hydrogens (tertiary/aromatic N) is 3. The van der Waals surface area contributed by atoms with Crippen molar-refractivity contribution in [2.45, 2.75) is 46.1 Å². The highest BCUT2D eigenvalue weighted by Gasteiger charge is 2.25. The van der Waals surface area contributed by atoms with Crippen molar-refractivity contribution >= 4 is 17.4 Å². The van der Waals surface area contributed by atoms with Gasteiger partial charge >= 0.3 is 0 Å². The number of alkyl halides is 1. The number of ketones is 1. The Morgan fingerprint density at radius 3 is 2.50 bits per heavy atom. The second kappa shape index (κ2) is 11.1. The number of halogens is 1. The number of aromatic nitrogens is 2. The molecule has 3 aromatic rings. The van der Waals surface area contributed by atoms with Gasteiger partial charge in [0.1, 0.15) is 42.4 Å². The fourth-order valence-electron chi connectivity index (χ4n) is 3.67. The molecule has 0 spiro atoms. The molecule has 34 heavy (non-hydrogen) atoms. The molecule has 0 aliphatic carbocycles. The number of hydrogen-bond acceptors (Lipinski definition) is 6. The summed E-state index contributed by atoms with van der Waals surface area (Å²) in [5.41, 5.74) is 3.89. The Morgan fingerprint density at radius 1 is 1.12 bits per heavy atom. The van der Waals surface area contributed by atoms with Crippen LogP contribution < -0.4 is 9.47 Å². The Balaban J connectivity index is 1.75. The lowest BCUT2D eigenvalue weighted by Crippen LogP contribution is -2.19. The normalized spacial score (nSPS) is 11.1. The second-order valence-corrected chi connectivity index (χ2v) is 8.98. The third-order valence-electron chi connectivity index (χ3n) is 5.57. The van der Waals surface area contributed by atoms with Gasteiger partial charge in [0.15, 0.2) is 0 Å². The molecule has 7 heteroatoms. The fraction of sp³-hybridized carbons (Fsp3) is 0.333. The van der Waals surface area contributed by atoms with Crippen molar-refractivity contribution in [2.75, 3.05) is 12.5 Å². The molecule has 0 radical (unpaired) electrons. The minimum Gasteiger partial charge on any atom is -0.491 e. The zero-order chi connectivity index (χ0) is 24.7. The van der Waals surface area contributed by atoms with Gasteiger partial charge in [0.05, 0.1) is 23.6 Å². The highest BCUT2D eigenvalue weighted by molar-refractivity contribution is 6.18. The number of benzene rings is 2. The van der Waals surface area contributed by atoms with Crippen LogP contribution in [0.3, 0.4) is 0 Å². The fourth-order valence-corrected chi connectivity index (χ4v) is 3.75. The average Bonchev–Trinajstić information content (AvgIpc) is 2.81. The van der Waals surface area contributed by atoms with Crippen LogP contribution in [0.1, 0.15) is 54.5 Å². The first-order valence-corrected chi connectivity index (χ1v) is 11.6. The van der Waals surface area contributed by atoms with E-state index in [0.717, 1.165) is 16.7 Å². The minimum atomic E-state index is -0.339. The van der Waals surface area contributed by atoms with Gasteiger partial charge in [-0.1, -0.05) is 32.0 Å². The van der Waals surface area contributed by atoms with Crippen molar-refractivity contribution in [3.63, 3.8) is 0 Å². The Bertz CT molecular complexity index is 1200. The summed E-state index contributed by atoms with van der Waals surface area (Å²) in [6.45, 7) is 8.34. The van der Waals surface area contributed by atoms with Crippen molar-refractivity contribution in [3.8, 4) is 17.6 Å². The highest BCUT2D eigenvalue weighted by Crippen LogP contribution is 2.36. The van der Waals surface area contributed by atoms with Gasteiger partial charge in [0.2, 0.25) is 0 Å². The largest absolute Gasteiger partial charge is 0.491 e. The smallest absolute Gasteiger partial charge is 0.140 e. The van der Waals surface area contributed by atoms with Crippen LogP contribution in [0.15, 0.2) is 48.7 Å². The molecule has 0 atom stereocenters. The zero-order valence-electron chi connectivity index (χ0n) is 19.9. The number of aryl methyl sites for hydroxylation is 1. The van der Waals surface area contributed by atoms with Gasteiger partial charge in [-0.3, -0.25) is 4.79 Å². The highest BCUT2D eigenvalue weighted by atomic mass is 35.5. The van der Waals surface area contributed by atoms with E-state index in [0.29, 0.717) is 41.1 Å². The molecular formula is C27H28ClN3O3. The number of Topliss-reactive ketones (excluding diaryl/α,β-unsaturated/α-hetero) is 1. The van der Waals surface area contributed by atoms with E-state index in [4.69, 9.17) is 21.1 Å². The van der Waals surface area contributed by atoms with Crippen molar-refractivity contribution in [2.24, 2.45) is 0 Å². The summed E-state index contributed by atoms with van der Waals surface area (Å²) in [5.74, 6) is 2.18. The third-order valence-corrected chi connectivity index (χ3v) is 5.73. The van der Waals surface area contributed by atoms with Crippen LogP contribution in [0.4, 0.5) is 0 Å². The van der Waals surface area contributed by atoms with Crippen LogP contribution in [0.25, 0.3) is 0 Å². The molecule has 176 valence electrons. The van der Waals surface area contributed by atoms with E-state index in [1.54, 1.807) is 12.3 Å². The number of rotatable bonds is 10. The SMILES string of the molecule is CC(=O)Cc1nccc(COc2ccc(C(C)(C)c3cc(C)c(OCCCl)c(C#N)c3)cc2)n1. The molecule has 3 rings (SSSR count). The van der Waals surface area contributed by atoms with E-state index >= 15 is 0 Å². The van der Waals surface area contributed by atoms with Crippen LogP contribution in [0.5, 0.6) is 11.5 Å². The topological polar surface area (TPSA) is 85.1 Å². The van der Waals surface area contributed by atoms with E-state index in [9.17, 15) is 10.1 Å². The molecule has 1 aromatic heterocycles. The first kappa shape index (κ1) is 25.2. The summed E-state index contributed by atoms with van der Waals surface area (Å²) in [7, 11) is 0. The molecule has 2 aromatic carbocycles. The summed E-state index contributed by atoms with van der Waals surface area (Å²) >= 11 is 5.74. The molecule has 0 amide bonds. The maximum Gasteiger partial charge on any atom is 0.140 e. The molecule has 0 N–H and O–H groups in total. The average molecular weight is 478 g/mol. The number of ether oxygens (including phenoxy) is 2. The summed E-state index contributed by atoms with van der Waals surface area (Å²) in [6, 6.07) is 15.9. The van der Waals surface area contributed by atoms with Crippen LogP contribution in [0, 0.1) is 18.3 Å². The lowest BCUT2D eigenvalue weighted by atomic mass is 9.77. The number of carbonyl (C=O) groups excluding carboxylic acids is 1. The van der Waals surface area contributed by atoms with Crippen LogP contribution in [-0.2, 0) is 23.2 Å². The Labute approximate surface area is 205 Å². The second-order valence-electron chi connectivity index (χ2n) is 8.60. The van der Waals surface area contributed by atoms with Gasteiger partial charge in [0.25, 0.3) is 0 Å². The Morgan fingerprint density at radius 2 is 1.85 bits per heavy atom. The van der Waals surface area contributed by atoms with Crippen molar-refractivity contribution in [1.29, 1.82) is 5.26 Å². The lowest BCUT2D eigenvalue weighted by Gasteiger charge is -2.27. The predicted octanol–water partition coefficient (Wildman–Crippen LogP) is 5.31. The van der Waals surface area contributed by atoms with E-state index in [1.165, 1.54) is 6.92 Å². The first-order valence-electron chi connectivity index (χ1n) is 11.0. The zero-order valence-corrected chi connectivity index (χ0v) is 20.6. The molecule has 1 heterocycles. The first-order chi connectivity index (χ1) is 16.2. The van der Waals surface area contributed by atoms with Gasteiger partial charge in [-0.15, -0.1) is 11.6 Å². The van der Waals surface area contributed by atoms with Gasteiger partial charge in [-0.2, -0.15) is 5.26 Å².